The number of rotatable bonds is 7. The highest BCUT2D eigenvalue weighted by Gasteiger charge is 2.28. The van der Waals surface area contributed by atoms with Gasteiger partial charge in [0.1, 0.15) is 0 Å². The molecule has 6 nitrogen and oxygen atoms in total. The average Bonchev–Trinajstić information content (AvgIpc) is 2.76. The molecule has 0 spiro atoms. The molecule has 1 amide bonds. The number of aromatic nitrogens is 1. The van der Waals surface area contributed by atoms with E-state index >= 15 is 0 Å². The molecule has 0 aliphatic rings. The van der Waals surface area contributed by atoms with Crippen LogP contribution in [0.2, 0.25) is 0 Å². The molecule has 3 N–H and O–H groups in total. The van der Waals surface area contributed by atoms with Gasteiger partial charge in [0.25, 0.3) is 5.91 Å². The Morgan fingerprint density at radius 1 is 1.13 bits per heavy atom. The van der Waals surface area contributed by atoms with E-state index in [1.807, 2.05) is 36.4 Å². The second-order valence-corrected chi connectivity index (χ2v) is 7.23. The fraction of sp³-hybridized carbons (Fsp3) is 0.208. The fourth-order valence-electron chi connectivity index (χ4n) is 3.38. The van der Waals surface area contributed by atoms with Crippen molar-refractivity contribution in [3.63, 3.8) is 0 Å². The van der Waals surface area contributed by atoms with Crippen LogP contribution in [-0.4, -0.2) is 30.0 Å². The molecule has 0 aliphatic carbocycles. The number of hydrogen-bond donors (Lipinski definition) is 2. The molecule has 2 unspecified atom stereocenters. The van der Waals surface area contributed by atoms with Gasteiger partial charge in [-0.15, -0.1) is 0 Å². The minimum atomic E-state index is -0.553. The van der Waals surface area contributed by atoms with Gasteiger partial charge in [-0.25, -0.2) is 0 Å². The smallest absolute Gasteiger partial charge is 0.311 e. The third kappa shape index (κ3) is 4.84. The van der Waals surface area contributed by atoms with Crippen LogP contribution in [0.1, 0.15) is 28.4 Å². The van der Waals surface area contributed by atoms with E-state index in [1.54, 1.807) is 31.3 Å². The van der Waals surface area contributed by atoms with Gasteiger partial charge in [0, 0.05) is 28.9 Å². The van der Waals surface area contributed by atoms with Gasteiger partial charge >= 0.3 is 5.97 Å². The number of carbonyl (C=O) groups is 2. The van der Waals surface area contributed by atoms with E-state index in [4.69, 9.17) is 10.5 Å². The van der Waals surface area contributed by atoms with E-state index < -0.39 is 12.0 Å². The summed E-state index contributed by atoms with van der Waals surface area (Å²) in [6.45, 7) is 5.55. The number of methoxy groups -OCH3 is 1. The quantitative estimate of drug-likeness (QED) is 0.590. The maximum absolute atomic E-state index is 12.8. The van der Waals surface area contributed by atoms with Gasteiger partial charge in [-0.05, 0) is 54.8 Å². The highest BCUT2D eigenvalue weighted by molar-refractivity contribution is 5.98. The van der Waals surface area contributed by atoms with Crippen LogP contribution < -0.4 is 11.1 Å². The van der Waals surface area contributed by atoms with Crippen LogP contribution in [0.15, 0.2) is 67.4 Å². The number of fused-ring (bicyclic) bond motifs is 1. The lowest BCUT2D eigenvalue weighted by Gasteiger charge is -2.23. The minimum absolute atomic E-state index is 0.258. The topological polar surface area (TPSA) is 94.3 Å². The Kier molecular flexibility index (Phi) is 6.47. The van der Waals surface area contributed by atoms with Crippen LogP contribution in [-0.2, 0) is 16.0 Å². The normalized spacial score (nSPS) is 12.7. The summed E-state index contributed by atoms with van der Waals surface area (Å²) in [6, 6.07) is 16.1. The van der Waals surface area contributed by atoms with Crippen LogP contribution in [0.3, 0.4) is 0 Å². The number of benzene rings is 2. The molecular formula is C24H25N3O3. The van der Waals surface area contributed by atoms with Crippen molar-refractivity contribution in [1.29, 1.82) is 0 Å². The van der Waals surface area contributed by atoms with E-state index in [9.17, 15) is 9.59 Å². The van der Waals surface area contributed by atoms with Gasteiger partial charge in [0.15, 0.2) is 0 Å². The van der Waals surface area contributed by atoms with Gasteiger partial charge in [0.2, 0.25) is 0 Å². The zero-order chi connectivity index (χ0) is 21.7. The SMILES string of the molecule is C=C(N)c1cccc(CC(C(=O)OC)C(C)NC(=O)c2ccc3ncccc3c2)c1. The van der Waals surface area contributed by atoms with Crippen LogP contribution in [0.5, 0.6) is 0 Å². The molecule has 1 heterocycles. The van der Waals surface area contributed by atoms with Crippen molar-refractivity contribution < 1.29 is 14.3 Å². The predicted octanol–water partition coefficient (Wildman–Crippen LogP) is 3.31. The highest BCUT2D eigenvalue weighted by Crippen LogP contribution is 2.19. The zero-order valence-electron chi connectivity index (χ0n) is 17.1. The number of nitrogens with one attached hydrogen (secondary N) is 1. The van der Waals surface area contributed by atoms with Crippen molar-refractivity contribution in [2.75, 3.05) is 7.11 Å². The summed E-state index contributed by atoms with van der Waals surface area (Å²) in [4.78, 5) is 29.5. The Morgan fingerprint density at radius 2 is 1.93 bits per heavy atom. The third-order valence-electron chi connectivity index (χ3n) is 5.08. The summed E-state index contributed by atoms with van der Waals surface area (Å²) in [5, 5.41) is 3.81. The zero-order valence-corrected chi connectivity index (χ0v) is 17.1. The first-order chi connectivity index (χ1) is 14.4. The average molecular weight is 403 g/mol. The maximum atomic E-state index is 12.8. The van der Waals surface area contributed by atoms with Crippen LogP contribution in [0.25, 0.3) is 16.6 Å². The van der Waals surface area contributed by atoms with Crippen LogP contribution in [0, 0.1) is 5.92 Å². The van der Waals surface area contributed by atoms with Gasteiger partial charge in [-0.1, -0.05) is 30.8 Å². The summed E-state index contributed by atoms with van der Waals surface area (Å²) in [5.74, 6) is -1.20. The third-order valence-corrected chi connectivity index (χ3v) is 5.08. The van der Waals surface area contributed by atoms with E-state index in [-0.39, 0.29) is 11.9 Å². The van der Waals surface area contributed by atoms with Gasteiger partial charge in [-0.3, -0.25) is 14.6 Å². The molecule has 154 valence electrons. The first kappa shape index (κ1) is 21.0. The first-order valence-electron chi connectivity index (χ1n) is 9.66. The van der Waals surface area contributed by atoms with Crippen molar-refractivity contribution >= 4 is 28.5 Å². The van der Waals surface area contributed by atoms with Gasteiger partial charge in [0.05, 0.1) is 18.5 Å². The monoisotopic (exact) mass is 403 g/mol. The number of nitrogens with two attached hydrogens (primary N) is 1. The van der Waals surface area contributed by atoms with Crippen LogP contribution in [0.4, 0.5) is 0 Å². The van der Waals surface area contributed by atoms with E-state index in [1.165, 1.54) is 7.11 Å². The first-order valence-corrected chi connectivity index (χ1v) is 9.66. The second kappa shape index (κ2) is 9.22. The van der Waals surface area contributed by atoms with Gasteiger partial charge in [-0.2, -0.15) is 0 Å². The number of hydrogen-bond acceptors (Lipinski definition) is 5. The van der Waals surface area contributed by atoms with Gasteiger partial charge < -0.3 is 15.8 Å². The molecular weight excluding hydrogens is 378 g/mol. The maximum Gasteiger partial charge on any atom is 0.311 e. The minimum Gasteiger partial charge on any atom is -0.469 e. The molecule has 30 heavy (non-hydrogen) atoms. The molecule has 6 heteroatoms. The molecule has 2 atom stereocenters. The number of carbonyl (C=O) groups excluding carboxylic acids is 2. The molecule has 2 aromatic carbocycles. The van der Waals surface area contributed by atoms with E-state index in [0.29, 0.717) is 17.7 Å². The Balaban J connectivity index is 1.78. The summed E-state index contributed by atoms with van der Waals surface area (Å²) in [5.41, 5.74) is 9.27. The molecule has 3 rings (SSSR count). The number of esters is 1. The number of ether oxygens (including phenoxy) is 1. The Morgan fingerprint density at radius 3 is 2.67 bits per heavy atom. The lowest BCUT2D eigenvalue weighted by Crippen LogP contribution is -2.42. The summed E-state index contributed by atoms with van der Waals surface area (Å²) >= 11 is 0. The van der Waals surface area contributed by atoms with Crippen molar-refractivity contribution in [2.45, 2.75) is 19.4 Å². The molecule has 0 radical (unpaired) electrons. The second-order valence-electron chi connectivity index (χ2n) is 7.23. The molecule has 0 fully saturated rings. The van der Waals surface area contributed by atoms with E-state index in [2.05, 4.69) is 16.9 Å². The molecule has 0 saturated heterocycles. The summed E-state index contributed by atoms with van der Waals surface area (Å²) in [7, 11) is 1.35. The van der Waals surface area contributed by atoms with Crippen molar-refractivity contribution in [3.05, 3.63) is 84.1 Å². The van der Waals surface area contributed by atoms with E-state index in [0.717, 1.165) is 22.0 Å². The number of pyridine rings is 1. The standard InChI is InChI=1S/C24H25N3O3/c1-15(25)18-7-4-6-17(12-18)13-21(24(29)30-3)16(2)27-23(28)20-9-10-22-19(14-20)8-5-11-26-22/h4-12,14,16,21H,1,13,25H2,2-3H3,(H,27,28). The molecule has 0 bridgehead atoms. The van der Waals surface area contributed by atoms with Crippen LogP contribution >= 0.6 is 0 Å². The Hall–Kier alpha value is -3.67. The molecule has 0 saturated carbocycles. The van der Waals surface area contributed by atoms with Crippen molar-refractivity contribution in [1.82, 2.24) is 10.3 Å². The number of amides is 1. The highest BCUT2D eigenvalue weighted by atomic mass is 16.5. The molecule has 1 aromatic heterocycles. The summed E-state index contributed by atoms with van der Waals surface area (Å²) in [6.07, 6.45) is 2.11. The molecule has 3 aromatic rings. The number of nitrogens with zero attached hydrogens (tertiary/aromatic N) is 1. The largest absolute Gasteiger partial charge is 0.469 e. The summed E-state index contributed by atoms with van der Waals surface area (Å²) < 4.78 is 4.99. The molecule has 0 aliphatic heterocycles. The lowest BCUT2D eigenvalue weighted by molar-refractivity contribution is -0.146. The Bertz CT molecular complexity index is 1090. The Labute approximate surface area is 175 Å². The predicted molar refractivity (Wildman–Crippen MR) is 118 cm³/mol. The van der Waals surface area contributed by atoms with Crippen molar-refractivity contribution in [2.24, 2.45) is 11.7 Å². The van der Waals surface area contributed by atoms with Crippen molar-refractivity contribution in [3.8, 4) is 0 Å². The lowest BCUT2D eigenvalue weighted by atomic mass is 9.91. The fourth-order valence-corrected chi connectivity index (χ4v) is 3.38.